The van der Waals surface area contributed by atoms with E-state index in [-0.39, 0.29) is 17.7 Å². The molecule has 0 spiro atoms. The summed E-state index contributed by atoms with van der Waals surface area (Å²) in [6, 6.07) is 19.3. The van der Waals surface area contributed by atoms with Gasteiger partial charge in [0.05, 0.1) is 22.3 Å². The van der Waals surface area contributed by atoms with Crippen LogP contribution in [0.2, 0.25) is 0 Å². The normalized spacial score (nSPS) is 15.0. The van der Waals surface area contributed by atoms with Gasteiger partial charge in [0.25, 0.3) is 5.91 Å². The van der Waals surface area contributed by atoms with E-state index in [0.717, 1.165) is 55.5 Å². The second kappa shape index (κ2) is 9.65. The molecule has 34 heavy (non-hydrogen) atoms. The minimum absolute atomic E-state index is 0.0975. The van der Waals surface area contributed by atoms with E-state index in [4.69, 9.17) is 0 Å². The first kappa shape index (κ1) is 22.1. The highest BCUT2D eigenvalue weighted by Gasteiger charge is 2.23. The summed E-state index contributed by atoms with van der Waals surface area (Å²) in [7, 11) is 0. The number of aromatic nitrogens is 3. The number of carbonyl (C=O) groups excluding carboxylic acids is 1. The molecule has 1 aliphatic rings. The molecular weight excluding hydrogens is 426 g/mol. The summed E-state index contributed by atoms with van der Waals surface area (Å²) < 4.78 is 0. The van der Waals surface area contributed by atoms with Crippen molar-refractivity contribution in [2.24, 2.45) is 0 Å². The first-order chi connectivity index (χ1) is 16.6. The number of likely N-dealkylation sites (tertiary alicyclic amines) is 1. The third-order valence-corrected chi connectivity index (χ3v) is 6.60. The molecule has 174 valence electrons. The van der Waals surface area contributed by atoms with E-state index >= 15 is 0 Å². The van der Waals surface area contributed by atoms with Gasteiger partial charge in [-0.1, -0.05) is 30.3 Å². The van der Waals surface area contributed by atoms with Gasteiger partial charge in [0.2, 0.25) is 0 Å². The maximum absolute atomic E-state index is 13.4. The topological polar surface area (TPSA) is 94.1 Å². The second-order valence-corrected chi connectivity index (χ2v) is 8.96. The molecule has 1 fully saturated rings. The summed E-state index contributed by atoms with van der Waals surface area (Å²) in [4.78, 5) is 20.5. The SMILES string of the molecule is Cc1n[nH]c2nc(-c3ccc(O)cc3)cc(C(=O)NC3CCN(CCc4ccccc4)CC3)c12. The number of phenolic OH excluding ortho intramolecular Hbond substituents is 1. The number of benzene rings is 2. The molecule has 4 aromatic rings. The molecule has 7 heteroatoms. The highest BCUT2D eigenvalue weighted by molar-refractivity contribution is 6.07. The standard InChI is InChI=1S/C27H29N5O2/c1-18-25-23(17-24(29-26(25)31-30-18)20-7-9-22(33)10-8-20)27(34)28-21-12-15-32(16-13-21)14-11-19-5-3-2-4-6-19/h2-10,17,21,33H,11-16H2,1H3,(H,28,34)(H,29,30,31). The zero-order valence-electron chi connectivity index (χ0n) is 19.3. The predicted molar refractivity (Wildman–Crippen MR) is 133 cm³/mol. The average Bonchev–Trinajstić information content (AvgIpc) is 3.24. The van der Waals surface area contributed by atoms with Crippen molar-refractivity contribution in [1.29, 1.82) is 0 Å². The Balaban J connectivity index is 1.27. The number of aromatic amines is 1. The van der Waals surface area contributed by atoms with Gasteiger partial charge in [0.15, 0.2) is 5.65 Å². The molecule has 0 saturated carbocycles. The molecule has 0 radical (unpaired) electrons. The number of phenols is 1. The molecular formula is C27H29N5O2. The van der Waals surface area contributed by atoms with Crippen molar-refractivity contribution in [2.75, 3.05) is 19.6 Å². The number of nitrogens with one attached hydrogen (secondary N) is 2. The lowest BCUT2D eigenvalue weighted by Gasteiger charge is -2.32. The molecule has 0 atom stereocenters. The Labute approximate surface area is 198 Å². The maximum atomic E-state index is 13.4. The van der Waals surface area contributed by atoms with Crippen LogP contribution in [0.3, 0.4) is 0 Å². The first-order valence-corrected chi connectivity index (χ1v) is 11.8. The molecule has 0 bridgehead atoms. The second-order valence-electron chi connectivity index (χ2n) is 8.96. The van der Waals surface area contributed by atoms with Crippen LogP contribution in [-0.4, -0.2) is 56.8 Å². The fourth-order valence-corrected chi connectivity index (χ4v) is 4.64. The van der Waals surface area contributed by atoms with Crippen LogP contribution in [0.15, 0.2) is 60.7 Å². The Morgan fingerprint density at radius 2 is 1.85 bits per heavy atom. The van der Waals surface area contributed by atoms with Gasteiger partial charge in [-0.15, -0.1) is 0 Å². The van der Waals surface area contributed by atoms with Crippen LogP contribution in [0.25, 0.3) is 22.3 Å². The largest absolute Gasteiger partial charge is 0.508 e. The number of hydrogen-bond acceptors (Lipinski definition) is 5. The number of aromatic hydroxyl groups is 1. The third-order valence-electron chi connectivity index (χ3n) is 6.60. The van der Waals surface area contributed by atoms with Crippen LogP contribution in [0.5, 0.6) is 5.75 Å². The molecule has 2 aromatic heterocycles. The van der Waals surface area contributed by atoms with Crippen molar-refractivity contribution < 1.29 is 9.90 Å². The molecule has 0 unspecified atom stereocenters. The molecule has 5 rings (SSSR count). The third kappa shape index (κ3) is 4.79. The molecule has 2 aromatic carbocycles. The van der Waals surface area contributed by atoms with Crippen molar-refractivity contribution >= 4 is 16.9 Å². The van der Waals surface area contributed by atoms with Crippen LogP contribution < -0.4 is 5.32 Å². The van der Waals surface area contributed by atoms with E-state index in [2.05, 4.69) is 49.7 Å². The van der Waals surface area contributed by atoms with E-state index in [0.29, 0.717) is 16.9 Å². The van der Waals surface area contributed by atoms with Crippen molar-refractivity contribution in [3.05, 3.63) is 77.5 Å². The van der Waals surface area contributed by atoms with Gasteiger partial charge in [-0.25, -0.2) is 4.98 Å². The molecule has 7 nitrogen and oxygen atoms in total. The number of rotatable bonds is 6. The first-order valence-electron chi connectivity index (χ1n) is 11.8. The Kier molecular flexibility index (Phi) is 6.27. The summed E-state index contributed by atoms with van der Waals surface area (Å²) in [5.41, 5.74) is 4.76. The Morgan fingerprint density at radius 3 is 2.59 bits per heavy atom. The fourth-order valence-electron chi connectivity index (χ4n) is 4.64. The number of nitrogens with zero attached hydrogens (tertiary/aromatic N) is 3. The van der Waals surface area contributed by atoms with Crippen LogP contribution in [0, 0.1) is 6.92 Å². The molecule has 1 saturated heterocycles. The lowest BCUT2D eigenvalue weighted by atomic mass is 10.0. The highest BCUT2D eigenvalue weighted by atomic mass is 16.3. The number of piperidine rings is 1. The van der Waals surface area contributed by atoms with Gasteiger partial charge < -0.3 is 15.3 Å². The number of carbonyl (C=O) groups is 1. The van der Waals surface area contributed by atoms with Gasteiger partial charge in [-0.3, -0.25) is 9.89 Å². The van der Waals surface area contributed by atoms with Crippen molar-refractivity contribution in [1.82, 2.24) is 25.4 Å². The molecule has 3 heterocycles. The summed E-state index contributed by atoms with van der Waals surface area (Å²) >= 11 is 0. The van der Waals surface area contributed by atoms with E-state index in [9.17, 15) is 9.90 Å². The van der Waals surface area contributed by atoms with Crippen LogP contribution in [-0.2, 0) is 6.42 Å². The van der Waals surface area contributed by atoms with Gasteiger partial charge in [-0.2, -0.15) is 5.10 Å². The van der Waals surface area contributed by atoms with Crippen LogP contribution >= 0.6 is 0 Å². The summed E-state index contributed by atoms with van der Waals surface area (Å²) in [6.07, 6.45) is 2.92. The van der Waals surface area contributed by atoms with Crippen LogP contribution in [0.4, 0.5) is 0 Å². The number of fused-ring (bicyclic) bond motifs is 1. The number of pyridine rings is 1. The number of hydrogen-bond donors (Lipinski definition) is 3. The monoisotopic (exact) mass is 455 g/mol. The smallest absolute Gasteiger partial charge is 0.252 e. The van der Waals surface area contributed by atoms with E-state index in [1.807, 2.05) is 19.1 Å². The van der Waals surface area contributed by atoms with Gasteiger partial charge in [0, 0.05) is 31.2 Å². The summed E-state index contributed by atoms with van der Waals surface area (Å²) in [6.45, 7) is 4.88. The Hall–Kier alpha value is -3.71. The van der Waals surface area contributed by atoms with E-state index in [1.54, 1.807) is 24.3 Å². The van der Waals surface area contributed by atoms with Gasteiger partial charge >= 0.3 is 0 Å². The summed E-state index contributed by atoms with van der Waals surface area (Å²) in [5.74, 6) is 0.0925. The zero-order chi connectivity index (χ0) is 23.5. The van der Waals surface area contributed by atoms with E-state index < -0.39 is 0 Å². The Bertz CT molecular complexity index is 1280. The molecule has 0 aliphatic carbocycles. The maximum Gasteiger partial charge on any atom is 0.252 e. The quantitative estimate of drug-likeness (QED) is 0.407. The van der Waals surface area contributed by atoms with E-state index in [1.165, 1.54) is 5.56 Å². The molecule has 3 N–H and O–H groups in total. The Morgan fingerprint density at radius 1 is 1.12 bits per heavy atom. The minimum atomic E-state index is -0.0975. The van der Waals surface area contributed by atoms with Crippen LogP contribution in [0.1, 0.15) is 34.5 Å². The van der Waals surface area contributed by atoms with Crippen molar-refractivity contribution in [3.8, 4) is 17.0 Å². The van der Waals surface area contributed by atoms with Crippen molar-refractivity contribution in [3.63, 3.8) is 0 Å². The lowest BCUT2D eigenvalue weighted by molar-refractivity contribution is 0.0913. The van der Waals surface area contributed by atoms with Crippen molar-refractivity contribution in [2.45, 2.75) is 32.2 Å². The van der Waals surface area contributed by atoms with Gasteiger partial charge in [-0.05, 0) is 62.1 Å². The average molecular weight is 456 g/mol. The number of amides is 1. The lowest BCUT2D eigenvalue weighted by Crippen LogP contribution is -2.45. The highest BCUT2D eigenvalue weighted by Crippen LogP contribution is 2.27. The number of H-pyrrole nitrogens is 1. The molecule has 1 amide bonds. The zero-order valence-corrected chi connectivity index (χ0v) is 19.3. The van der Waals surface area contributed by atoms with Gasteiger partial charge in [0.1, 0.15) is 5.75 Å². The minimum Gasteiger partial charge on any atom is -0.508 e. The molecule has 1 aliphatic heterocycles. The summed E-state index contributed by atoms with van der Waals surface area (Å²) in [5, 5.41) is 20.8. The predicted octanol–water partition coefficient (Wildman–Crippen LogP) is 4.08. The number of aryl methyl sites for hydroxylation is 1. The fraction of sp³-hybridized carbons (Fsp3) is 0.296.